The lowest BCUT2D eigenvalue weighted by Crippen LogP contribution is -2.48. The van der Waals surface area contributed by atoms with E-state index < -0.39 is 47.7 Å². The summed E-state index contributed by atoms with van der Waals surface area (Å²) in [5.74, 6) is 0.563. The summed E-state index contributed by atoms with van der Waals surface area (Å²) in [5.41, 5.74) is -4.68. The molecule has 108 valence electrons. The van der Waals surface area contributed by atoms with Crippen molar-refractivity contribution in [2.75, 3.05) is 6.61 Å². The summed E-state index contributed by atoms with van der Waals surface area (Å²) in [6.45, 7) is -0.678. The van der Waals surface area contributed by atoms with Crippen LogP contribution in [-0.2, 0) is 4.74 Å². The van der Waals surface area contributed by atoms with Crippen molar-refractivity contribution in [3.05, 3.63) is 32.9 Å². The van der Waals surface area contributed by atoms with Crippen LogP contribution in [0.2, 0.25) is 0 Å². The van der Waals surface area contributed by atoms with E-state index in [1.165, 1.54) is 0 Å². The maximum Gasteiger partial charge on any atom is 0.330 e. The van der Waals surface area contributed by atoms with Crippen LogP contribution >= 0.6 is 0 Å². The molecule has 1 unspecified atom stereocenters. The van der Waals surface area contributed by atoms with Crippen LogP contribution in [-0.4, -0.2) is 49.3 Å². The second kappa shape index (κ2) is 4.84. The summed E-state index contributed by atoms with van der Waals surface area (Å²) < 4.78 is 18.8. The van der Waals surface area contributed by atoms with Gasteiger partial charge in [0.2, 0.25) is 5.82 Å². The van der Waals surface area contributed by atoms with Gasteiger partial charge in [0.05, 0.1) is 12.8 Å². The average Bonchev–Trinajstić information content (AvgIpc) is 2.67. The van der Waals surface area contributed by atoms with Gasteiger partial charge in [-0.3, -0.25) is 14.3 Å². The standard InChI is InChI=1S/C11H11FN2O6/c1-2-11(19)7(16)6(4-15)20-9(11)14-3-5(12)8(17)13-10(14)18/h1,3,6-7,9,15-16,19H,4H2,(H,13,17,18)/t6-,7?,9-,11-/m1/s1. The summed E-state index contributed by atoms with van der Waals surface area (Å²) in [7, 11) is 0. The quantitative estimate of drug-likeness (QED) is 0.438. The molecule has 0 bridgehead atoms. The lowest BCUT2D eigenvalue weighted by atomic mass is 9.95. The number of hydrogen-bond acceptors (Lipinski definition) is 6. The van der Waals surface area contributed by atoms with E-state index in [1.807, 2.05) is 5.92 Å². The third-order valence-electron chi connectivity index (χ3n) is 3.07. The van der Waals surface area contributed by atoms with E-state index in [9.17, 15) is 24.2 Å². The summed E-state index contributed by atoms with van der Waals surface area (Å²) in [6.07, 6.45) is 1.01. The molecule has 0 radical (unpaired) electrons. The van der Waals surface area contributed by atoms with Crippen LogP contribution in [0.15, 0.2) is 15.8 Å². The van der Waals surface area contributed by atoms with Crippen molar-refractivity contribution in [3.63, 3.8) is 0 Å². The topological polar surface area (TPSA) is 125 Å². The first-order chi connectivity index (χ1) is 9.35. The number of aliphatic hydroxyl groups is 3. The van der Waals surface area contributed by atoms with Gasteiger partial charge in [-0.25, -0.2) is 4.79 Å². The highest BCUT2D eigenvalue weighted by atomic mass is 19.1. The van der Waals surface area contributed by atoms with Gasteiger partial charge < -0.3 is 20.1 Å². The molecular weight excluding hydrogens is 275 g/mol. The summed E-state index contributed by atoms with van der Waals surface area (Å²) in [4.78, 5) is 24.2. The number of H-pyrrole nitrogens is 1. The lowest BCUT2D eigenvalue weighted by Gasteiger charge is -2.26. The largest absolute Gasteiger partial charge is 0.394 e. The Bertz CT molecular complexity index is 677. The molecule has 8 nitrogen and oxygen atoms in total. The van der Waals surface area contributed by atoms with Gasteiger partial charge in [-0.2, -0.15) is 4.39 Å². The fourth-order valence-corrected chi connectivity index (χ4v) is 1.99. The molecule has 1 saturated heterocycles. The van der Waals surface area contributed by atoms with Crippen molar-refractivity contribution in [2.45, 2.75) is 24.0 Å². The average molecular weight is 286 g/mol. The number of aromatic nitrogens is 2. The number of ether oxygens (including phenoxy) is 1. The smallest absolute Gasteiger partial charge is 0.330 e. The normalized spacial score (nSPS) is 33.0. The number of nitrogens with one attached hydrogen (secondary N) is 1. The van der Waals surface area contributed by atoms with Gasteiger partial charge in [0.1, 0.15) is 12.2 Å². The maximum absolute atomic E-state index is 13.2. The molecule has 0 spiro atoms. The molecule has 0 saturated carbocycles. The minimum Gasteiger partial charge on any atom is -0.394 e. The summed E-state index contributed by atoms with van der Waals surface area (Å²) in [6, 6.07) is 0. The van der Waals surface area contributed by atoms with Crippen LogP contribution in [0.1, 0.15) is 6.23 Å². The number of aliphatic hydroxyl groups excluding tert-OH is 2. The zero-order chi connectivity index (χ0) is 15.1. The first kappa shape index (κ1) is 14.4. The molecule has 20 heavy (non-hydrogen) atoms. The molecule has 0 aromatic carbocycles. The Labute approximate surface area is 111 Å². The van der Waals surface area contributed by atoms with E-state index in [0.29, 0.717) is 10.8 Å². The monoisotopic (exact) mass is 286 g/mol. The second-order valence-corrected chi connectivity index (χ2v) is 4.27. The SMILES string of the molecule is C#C[C@@]1(O)C(O)[C@@H](CO)O[C@H]1n1cc(F)c(=O)[nH]c1=O. The molecule has 0 aliphatic carbocycles. The molecule has 2 rings (SSSR count). The van der Waals surface area contributed by atoms with E-state index in [-0.39, 0.29) is 0 Å². The fourth-order valence-electron chi connectivity index (χ4n) is 1.99. The Morgan fingerprint density at radius 3 is 2.80 bits per heavy atom. The molecule has 1 aliphatic heterocycles. The maximum atomic E-state index is 13.2. The fraction of sp³-hybridized carbons (Fsp3) is 0.455. The summed E-state index contributed by atoms with van der Waals surface area (Å²) in [5, 5.41) is 29.0. The predicted molar refractivity (Wildman–Crippen MR) is 62.1 cm³/mol. The van der Waals surface area contributed by atoms with Gasteiger partial charge in [-0.15, -0.1) is 6.42 Å². The molecule has 1 fully saturated rings. The van der Waals surface area contributed by atoms with Crippen LogP contribution in [0.25, 0.3) is 0 Å². The van der Waals surface area contributed by atoms with E-state index in [1.54, 1.807) is 4.98 Å². The first-order valence-electron chi connectivity index (χ1n) is 5.50. The predicted octanol–water partition coefficient (Wildman–Crippen LogP) is -2.71. The minimum atomic E-state index is -2.36. The number of aromatic amines is 1. The highest BCUT2D eigenvalue weighted by Gasteiger charge is 2.55. The highest BCUT2D eigenvalue weighted by Crippen LogP contribution is 2.37. The molecule has 4 atom stereocenters. The Morgan fingerprint density at radius 1 is 1.60 bits per heavy atom. The van der Waals surface area contributed by atoms with E-state index >= 15 is 0 Å². The van der Waals surface area contributed by atoms with Crippen LogP contribution < -0.4 is 11.2 Å². The molecule has 1 aromatic heterocycles. The molecule has 2 heterocycles. The van der Waals surface area contributed by atoms with Crippen molar-refractivity contribution in [2.24, 2.45) is 0 Å². The number of rotatable bonds is 2. The number of terminal acetylenes is 1. The van der Waals surface area contributed by atoms with Gasteiger partial charge in [0.15, 0.2) is 11.8 Å². The van der Waals surface area contributed by atoms with Crippen LogP contribution in [0.5, 0.6) is 0 Å². The van der Waals surface area contributed by atoms with E-state index in [0.717, 1.165) is 0 Å². The van der Waals surface area contributed by atoms with E-state index in [4.69, 9.17) is 16.3 Å². The van der Waals surface area contributed by atoms with Gasteiger partial charge in [0, 0.05) is 0 Å². The van der Waals surface area contributed by atoms with Crippen LogP contribution in [0.4, 0.5) is 4.39 Å². The zero-order valence-electron chi connectivity index (χ0n) is 9.99. The van der Waals surface area contributed by atoms with Crippen molar-refractivity contribution in [1.29, 1.82) is 0 Å². The Hall–Kier alpha value is -1.99. The van der Waals surface area contributed by atoms with Gasteiger partial charge in [0.25, 0.3) is 5.56 Å². The molecule has 4 N–H and O–H groups in total. The number of hydrogen-bond donors (Lipinski definition) is 4. The van der Waals surface area contributed by atoms with Crippen LogP contribution in [0.3, 0.4) is 0 Å². The third kappa shape index (κ3) is 1.95. The van der Waals surface area contributed by atoms with Gasteiger partial charge in [-0.1, -0.05) is 5.92 Å². The number of nitrogens with zero attached hydrogens (tertiary/aromatic N) is 1. The van der Waals surface area contributed by atoms with Gasteiger partial charge in [-0.05, 0) is 0 Å². The van der Waals surface area contributed by atoms with Gasteiger partial charge >= 0.3 is 5.69 Å². The molecular formula is C11H11FN2O6. The van der Waals surface area contributed by atoms with Crippen molar-refractivity contribution in [3.8, 4) is 12.3 Å². The van der Waals surface area contributed by atoms with Crippen molar-refractivity contribution < 1.29 is 24.4 Å². The molecule has 0 amide bonds. The molecule has 1 aliphatic rings. The van der Waals surface area contributed by atoms with Crippen molar-refractivity contribution >= 4 is 0 Å². The Kier molecular flexibility index (Phi) is 3.49. The number of halogens is 1. The van der Waals surface area contributed by atoms with E-state index in [2.05, 4.69) is 0 Å². The zero-order valence-corrected chi connectivity index (χ0v) is 9.99. The second-order valence-electron chi connectivity index (χ2n) is 4.27. The Balaban J connectivity index is 2.58. The third-order valence-corrected chi connectivity index (χ3v) is 3.07. The summed E-state index contributed by atoms with van der Waals surface area (Å²) >= 11 is 0. The molecule has 1 aromatic rings. The minimum absolute atomic E-state index is 0.501. The van der Waals surface area contributed by atoms with Crippen LogP contribution in [0, 0.1) is 18.2 Å². The Morgan fingerprint density at radius 2 is 2.25 bits per heavy atom. The lowest BCUT2D eigenvalue weighted by molar-refractivity contribution is -0.0769. The highest BCUT2D eigenvalue weighted by molar-refractivity contribution is 5.19. The van der Waals surface area contributed by atoms with Crippen molar-refractivity contribution in [1.82, 2.24) is 9.55 Å². The molecule has 9 heteroatoms. The first-order valence-corrected chi connectivity index (χ1v) is 5.50.